The van der Waals surface area contributed by atoms with E-state index in [9.17, 15) is 14.4 Å². The lowest BCUT2D eigenvalue weighted by molar-refractivity contribution is 0.0480. The van der Waals surface area contributed by atoms with Gasteiger partial charge in [0.25, 0.3) is 0 Å². The summed E-state index contributed by atoms with van der Waals surface area (Å²) >= 11 is 0. The minimum Gasteiger partial charge on any atom is -0.462 e. The SMILES string of the molecule is CCOC(=O)c1cnc2c(C(=O)OCC)cccc2c1C(=O)OCC. The number of pyridine rings is 1. The van der Waals surface area contributed by atoms with Crippen molar-refractivity contribution in [1.29, 1.82) is 0 Å². The molecule has 0 bridgehead atoms. The number of ether oxygens (including phenoxy) is 3. The van der Waals surface area contributed by atoms with Gasteiger partial charge in [0.1, 0.15) is 0 Å². The fourth-order valence-electron chi connectivity index (χ4n) is 2.38. The van der Waals surface area contributed by atoms with Crippen molar-refractivity contribution in [1.82, 2.24) is 4.98 Å². The average molecular weight is 345 g/mol. The van der Waals surface area contributed by atoms with Crippen LogP contribution in [-0.4, -0.2) is 42.7 Å². The lowest BCUT2D eigenvalue weighted by Crippen LogP contribution is -2.16. The minimum absolute atomic E-state index is 0.00573. The number of hydrogen-bond donors (Lipinski definition) is 0. The molecular formula is C18H19NO6. The van der Waals surface area contributed by atoms with Crippen molar-refractivity contribution >= 4 is 28.8 Å². The Morgan fingerprint density at radius 3 is 2.00 bits per heavy atom. The maximum atomic E-state index is 12.4. The normalized spacial score (nSPS) is 10.4. The van der Waals surface area contributed by atoms with Crippen molar-refractivity contribution in [2.75, 3.05) is 19.8 Å². The second-order valence-corrected chi connectivity index (χ2v) is 4.91. The molecule has 1 aromatic carbocycles. The van der Waals surface area contributed by atoms with Gasteiger partial charge in [0.05, 0.1) is 42.0 Å². The van der Waals surface area contributed by atoms with Crippen molar-refractivity contribution in [3.05, 3.63) is 41.1 Å². The van der Waals surface area contributed by atoms with Crippen molar-refractivity contribution in [2.24, 2.45) is 0 Å². The molecule has 0 aliphatic rings. The number of aromatic nitrogens is 1. The van der Waals surface area contributed by atoms with E-state index in [2.05, 4.69) is 4.98 Å². The molecule has 1 aromatic heterocycles. The molecule has 7 heteroatoms. The highest BCUT2D eigenvalue weighted by atomic mass is 16.5. The van der Waals surface area contributed by atoms with Crippen LogP contribution in [0.3, 0.4) is 0 Å². The molecule has 0 amide bonds. The van der Waals surface area contributed by atoms with Crippen LogP contribution >= 0.6 is 0 Å². The molecule has 0 atom stereocenters. The topological polar surface area (TPSA) is 91.8 Å². The van der Waals surface area contributed by atoms with E-state index in [0.717, 1.165) is 0 Å². The number of nitrogens with zero attached hydrogens (tertiary/aromatic N) is 1. The molecule has 0 saturated heterocycles. The molecule has 0 fully saturated rings. The van der Waals surface area contributed by atoms with Crippen molar-refractivity contribution in [3.8, 4) is 0 Å². The summed E-state index contributed by atoms with van der Waals surface area (Å²) in [6.45, 7) is 5.52. The van der Waals surface area contributed by atoms with Crippen LogP contribution in [0, 0.1) is 0 Å². The number of hydrogen-bond acceptors (Lipinski definition) is 7. The van der Waals surface area contributed by atoms with Crippen LogP contribution in [0.4, 0.5) is 0 Å². The molecule has 7 nitrogen and oxygen atoms in total. The number of fused-ring (bicyclic) bond motifs is 1. The van der Waals surface area contributed by atoms with Crippen molar-refractivity contribution in [3.63, 3.8) is 0 Å². The Morgan fingerprint density at radius 1 is 0.840 bits per heavy atom. The van der Waals surface area contributed by atoms with Gasteiger partial charge in [-0.15, -0.1) is 0 Å². The van der Waals surface area contributed by atoms with Crippen LogP contribution in [-0.2, 0) is 14.2 Å². The fraction of sp³-hybridized carbons (Fsp3) is 0.333. The number of para-hydroxylation sites is 1. The largest absolute Gasteiger partial charge is 0.462 e. The Balaban J connectivity index is 2.72. The lowest BCUT2D eigenvalue weighted by Gasteiger charge is -2.12. The van der Waals surface area contributed by atoms with E-state index in [-0.39, 0.29) is 42.0 Å². The molecule has 0 aliphatic heterocycles. The Morgan fingerprint density at radius 2 is 1.40 bits per heavy atom. The number of carbonyl (C=O) groups is 3. The Hall–Kier alpha value is -2.96. The summed E-state index contributed by atoms with van der Waals surface area (Å²) in [6.07, 6.45) is 1.22. The molecule has 132 valence electrons. The van der Waals surface area contributed by atoms with Gasteiger partial charge in [-0.2, -0.15) is 0 Å². The smallest absolute Gasteiger partial charge is 0.340 e. The summed E-state index contributed by atoms with van der Waals surface area (Å²) in [7, 11) is 0. The van der Waals surface area contributed by atoms with Gasteiger partial charge in [-0.25, -0.2) is 14.4 Å². The van der Waals surface area contributed by atoms with Gasteiger partial charge in [-0.1, -0.05) is 12.1 Å². The molecule has 0 unspecified atom stereocenters. The monoisotopic (exact) mass is 345 g/mol. The van der Waals surface area contributed by atoms with E-state index >= 15 is 0 Å². The molecular weight excluding hydrogens is 326 g/mol. The maximum absolute atomic E-state index is 12.4. The number of esters is 3. The molecule has 0 radical (unpaired) electrons. The van der Waals surface area contributed by atoms with Crippen LogP contribution < -0.4 is 0 Å². The van der Waals surface area contributed by atoms with Crippen LogP contribution in [0.1, 0.15) is 51.8 Å². The zero-order valence-corrected chi connectivity index (χ0v) is 14.3. The molecule has 1 heterocycles. The van der Waals surface area contributed by atoms with Crippen LogP contribution in [0.15, 0.2) is 24.4 Å². The highest BCUT2D eigenvalue weighted by Gasteiger charge is 2.25. The zero-order chi connectivity index (χ0) is 18.4. The first-order valence-electron chi connectivity index (χ1n) is 7.98. The Kier molecular flexibility index (Phi) is 6.05. The van der Waals surface area contributed by atoms with E-state index in [1.165, 1.54) is 6.20 Å². The van der Waals surface area contributed by atoms with Gasteiger partial charge in [0.15, 0.2) is 0 Å². The highest BCUT2D eigenvalue weighted by molar-refractivity contribution is 6.14. The van der Waals surface area contributed by atoms with E-state index in [4.69, 9.17) is 14.2 Å². The summed E-state index contributed by atoms with van der Waals surface area (Å²) in [5.41, 5.74) is 0.489. The molecule has 2 aromatic rings. The summed E-state index contributed by atoms with van der Waals surface area (Å²) in [6, 6.07) is 4.74. The number of rotatable bonds is 6. The Labute approximate surface area is 144 Å². The molecule has 2 rings (SSSR count). The molecule has 0 spiro atoms. The van der Waals surface area contributed by atoms with Crippen LogP contribution in [0.5, 0.6) is 0 Å². The summed E-state index contributed by atoms with van der Waals surface area (Å²) in [5, 5.41) is 0.328. The second-order valence-electron chi connectivity index (χ2n) is 4.91. The summed E-state index contributed by atoms with van der Waals surface area (Å²) in [5.74, 6) is -1.92. The van der Waals surface area contributed by atoms with E-state index in [1.807, 2.05) is 0 Å². The summed E-state index contributed by atoms with van der Waals surface area (Å²) in [4.78, 5) is 40.9. The van der Waals surface area contributed by atoms with Crippen molar-refractivity contribution in [2.45, 2.75) is 20.8 Å². The molecule has 0 N–H and O–H groups in total. The first-order chi connectivity index (χ1) is 12.0. The van der Waals surface area contributed by atoms with E-state index < -0.39 is 17.9 Å². The molecule has 0 aliphatic carbocycles. The third kappa shape index (κ3) is 3.76. The van der Waals surface area contributed by atoms with Gasteiger partial charge in [-0.3, -0.25) is 4.98 Å². The van der Waals surface area contributed by atoms with Gasteiger partial charge >= 0.3 is 17.9 Å². The van der Waals surface area contributed by atoms with Gasteiger partial charge in [0, 0.05) is 11.6 Å². The molecule has 25 heavy (non-hydrogen) atoms. The third-order valence-corrected chi connectivity index (χ3v) is 3.37. The third-order valence-electron chi connectivity index (χ3n) is 3.37. The average Bonchev–Trinajstić information content (AvgIpc) is 2.60. The van der Waals surface area contributed by atoms with Gasteiger partial charge < -0.3 is 14.2 Å². The summed E-state index contributed by atoms with van der Waals surface area (Å²) < 4.78 is 15.1. The zero-order valence-electron chi connectivity index (χ0n) is 14.3. The molecule has 0 saturated carbocycles. The quantitative estimate of drug-likeness (QED) is 0.587. The maximum Gasteiger partial charge on any atom is 0.340 e. The number of carbonyl (C=O) groups excluding carboxylic acids is 3. The van der Waals surface area contributed by atoms with E-state index in [0.29, 0.717) is 5.39 Å². The predicted octanol–water partition coefficient (Wildman–Crippen LogP) is 2.76. The Bertz CT molecular complexity index is 815. The van der Waals surface area contributed by atoms with Crippen molar-refractivity contribution < 1.29 is 28.6 Å². The second kappa shape index (κ2) is 8.23. The minimum atomic E-state index is -0.682. The van der Waals surface area contributed by atoms with Gasteiger partial charge in [0.2, 0.25) is 0 Å². The van der Waals surface area contributed by atoms with Crippen LogP contribution in [0.2, 0.25) is 0 Å². The first-order valence-corrected chi connectivity index (χ1v) is 7.98. The predicted molar refractivity (Wildman–Crippen MR) is 89.6 cm³/mol. The van der Waals surface area contributed by atoms with Gasteiger partial charge in [-0.05, 0) is 26.8 Å². The fourth-order valence-corrected chi connectivity index (χ4v) is 2.38. The number of benzene rings is 1. The highest BCUT2D eigenvalue weighted by Crippen LogP contribution is 2.25. The lowest BCUT2D eigenvalue weighted by atomic mass is 10.0. The first kappa shape index (κ1) is 18.4. The standard InChI is InChI=1S/C18H19NO6/c1-4-23-16(20)12-9-7-8-11-14(18(22)25-6-3)13(10-19-15(11)12)17(21)24-5-2/h7-10H,4-6H2,1-3H3. The van der Waals surface area contributed by atoms with Crippen LogP contribution in [0.25, 0.3) is 10.9 Å². The van der Waals surface area contributed by atoms with E-state index in [1.54, 1.807) is 39.0 Å².